The number of carbonyl (C=O) groups is 3. The minimum absolute atomic E-state index is 0.0690. The normalized spacial score (nSPS) is 23.8. The first-order valence-electron chi connectivity index (χ1n) is 11.0. The van der Waals surface area contributed by atoms with Gasteiger partial charge in [-0.3, -0.25) is 14.5 Å². The molecule has 0 radical (unpaired) electrons. The predicted octanol–water partition coefficient (Wildman–Crippen LogP) is 2.23. The Labute approximate surface area is 205 Å². The predicted molar refractivity (Wildman–Crippen MR) is 127 cm³/mol. The number of fused-ring (bicyclic) bond motifs is 1. The van der Waals surface area contributed by atoms with Crippen LogP contribution in [0.15, 0.2) is 22.3 Å². The van der Waals surface area contributed by atoms with E-state index in [9.17, 15) is 14.4 Å². The molecule has 2 aliphatic heterocycles. The summed E-state index contributed by atoms with van der Waals surface area (Å²) in [5, 5.41) is 8.00. The molecular formula is C21H27N5O6S2. The second-order valence-electron chi connectivity index (χ2n) is 8.09. The Morgan fingerprint density at radius 2 is 2.09 bits per heavy atom. The van der Waals surface area contributed by atoms with E-state index < -0.39 is 24.2 Å². The van der Waals surface area contributed by atoms with Crippen LogP contribution in [0, 0.1) is 0 Å². The van der Waals surface area contributed by atoms with Crippen LogP contribution in [0.3, 0.4) is 0 Å². The number of anilines is 1. The summed E-state index contributed by atoms with van der Waals surface area (Å²) in [4.78, 5) is 48.4. The summed E-state index contributed by atoms with van der Waals surface area (Å²) in [6, 6.07) is -0.763. The highest BCUT2D eigenvalue weighted by Crippen LogP contribution is 2.39. The molecule has 3 heterocycles. The molecule has 11 nitrogen and oxygen atoms in total. The molecule has 3 aliphatic rings. The molecule has 1 aromatic heterocycles. The second kappa shape index (κ2) is 10.6. The third-order valence-corrected chi connectivity index (χ3v) is 7.69. The second-order valence-corrected chi connectivity index (χ2v) is 10.1. The smallest absolute Gasteiger partial charge is 0.431 e. The highest BCUT2D eigenvalue weighted by molar-refractivity contribution is 8.00. The zero-order valence-corrected chi connectivity index (χ0v) is 20.5. The maximum absolute atomic E-state index is 13.0. The lowest BCUT2D eigenvalue weighted by molar-refractivity contribution is -0.146. The Kier molecular flexibility index (Phi) is 7.61. The molecule has 2 fully saturated rings. The van der Waals surface area contributed by atoms with Crippen LogP contribution < -0.4 is 11.1 Å². The van der Waals surface area contributed by atoms with E-state index in [0.717, 1.165) is 43.4 Å². The van der Waals surface area contributed by atoms with Gasteiger partial charge in [0.25, 0.3) is 11.8 Å². The molecule has 1 saturated carbocycles. The van der Waals surface area contributed by atoms with Crippen molar-refractivity contribution in [3.8, 4) is 0 Å². The van der Waals surface area contributed by atoms with Crippen LogP contribution in [0.4, 0.5) is 9.93 Å². The quantitative estimate of drug-likeness (QED) is 0.244. The largest absolute Gasteiger partial charge is 0.509 e. The van der Waals surface area contributed by atoms with Crippen molar-refractivity contribution in [2.24, 2.45) is 5.16 Å². The fraction of sp³-hybridized carbons (Fsp3) is 0.571. The number of nitrogens with one attached hydrogen (secondary N) is 1. The van der Waals surface area contributed by atoms with E-state index in [1.54, 1.807) is 17.2 Å². The number of nitrogen functional groups attached to an aromatic ring is 1. The summed E-state index contributed by atoms with van der Waals surface area (Å²) in [5.74, 6) is -0.298. The highest BCUT2D eigenvalue weighted by Gasteiger charge is 2.52. The molecule has 1 aromatic rings. The van der Waals surface area contributed by atoms with Crippen LogP contribution in [-0.2, 0) is 23.9 Å². The fourth-order valence-corrected chi connectivity index (χ4v) is 5.95. The molecular weight excluding hydrogens is 482 g/mol. The maximum atomic E-state index is 13.0. The number of carbonyl (C=O) groups excluding carboxylic acids is 3. The number of oxime groups is 1. The van der Waals surface area contributed by atoms with Crippen molar-refractivity contribution in [1.82, 2.24) is 15.2 Å². The van der Waals surface area contributed by atoms with Crippen LogP contribution in [0.2, 0.25) is 0 Å². The number of nitrogens with zero attached hydrogens (tertiary/aromatic N) is 3. The lowest BCUT2D eigenvalue weighted by Crippen LogP contribution is -2.70. The number of hydrogen-bond donors (Lipinski definition) is 2. The minimum atomic E-state index is -0.763. The van der Waals surface area contributed by atoms with Gasteiger partial charge in [0.2, 0.25) is 0 Å². The van der Waals surface area contributed by atoms with E-state index in [2.05, 4.69) is 15.5 Å². The number of rotatable bonds is 7. The van der Waals surface area contributed by atoms with Gasteiger partial charge in [-0.25, -0.2) is 9.78 Å². The van der Waals surface area contributed by atoms with Crippen LogP contribution in [0.5, 0.6) is 0 Å². The third-order valence-electron chi connectivity index (χ3n) is 5.83. The van der Waals surface area contributed by atoms with Crippen molar-refractivity contribution in [2.75, 3.05) is 18.6 Å². The summed E-state index contributed by atoms with van der Waals surface area (Å²) in [6.45, 7) is 1.70. The molecule has 184 valence electrons. The van der Waals surface area contributed by atoms with Crippen molar-refractivity contribution in [2.45, 2.75) is 62.7 Å². The van der Waals surface area contributed by atoms with E-state index in [1.165, 1.54) is 18.9 Å². The number of aromatic nitrogens is 1. The Hall–Kier alpha value is -2.80. The molecule has 0 bridgehead atoms. The summed E-state index contributed by atoms with van der Waals surface area (Å²) >= 11 is 2.66. The monoisotopic (exact) mass is 509 g/mol. The van der Waals surface area contributed by atoms with Gasteiger partial charge in [0.1, 0.15) is 36.4 Å². The van der Waals surface area contributed by atoms with Gasteiger partial charge in [-0.15, -0.1) is 23.1 Å². The van der Waals surface area contributed by atoms with Gasteiger partial charge in [0.15, 0.2) is 10.8 Å². The molecule has 3 N–H and O–H groups in total. The van der Waals surface area contributed by atoms with E-state index in [0.29, 0.717) is 11.4 Å². The molecule has 13 heteroatoms. The Morgan fingerprint density at radius 1 is 1.32 bits per heavy atom. The van der Waals surface area contributed by atoms with Crippen molar-refractivity contribution < 1.29 is 28.7 Å². The van der Waals surface area contributed by atoms with Crippen LogP contribution in [0.25, 0.3) is 0 Å². The third kappa shape index (κ3) is 5.14. The SMILES string of the molecule is CON=C(C(=O)N[C@@H]1C(=O)N2C(C(C)OC(=O)OC3CCCCC3)=CCS[C@H]12)c1csc(N)n1. The average molecular weight is 510 g/mol. The van der Waals surface area contributed by atoms with Gasteiger partial charge in [-0.2, -0.15) is 0 Å². The summed E-state index contributed by atoms with van der Waals surface area (Å²) in [5.41, 5.74) is 6.43. The zero-order valence-electron chi connectivity index (χ0n) is 18.9. The Bertz CT molecular complexity index is 1010. The number of thiazole rings is 1. The molecule has 1 saturated heterocycles. The fourth-order valence-electron chi connectivity index (χ4n) is 4.19. The highest BCUT2D eigenvalue weighted by atomic mass is 32.2. The van der Waals surface area contributed by atoms with Gasteiger partial charge >= 0.3 is 6.16 Å². The van der Waals surface area contributed by atoms with Crippen LogP contribution >= 0.6 is 23.1 Å². The lowest BCUT2D eigenvalue weighted by Gasteiger charge is -2.50. The molecule has 3 atom stereocenters. The summed E-state index contributed by atoms with van der Waals surface area (Å²) in [6.07, 6.45) is 5.28. The van der Waals surface area contributed by atoms with Gasteiger partial charge < -0.3 is 25.4 Å². The number of β-lactam (4-membered cyclic amide) rings is 1. The van der Waals surface area contributed by atoms with Crippen molar-refractivity contribution in [3.05, 3.63) is 22.8 Å². The van der Waals surface area contributed by atoms with Gasteiger partial charge in [0.05, 0.1) is 5.70 Å². The van der Waals surface area contributed by atoms with E-state index in [-0.39, 0.29) is 33.9 Å². The summed E-state index contributed by atoms with van der Waals surface area (Å²) < 4.78 is 10.9. The van der Waals surface area contributed by atoms with Gasteiger partial charge in [-0.1, -0.05) is 17.7 Å². The number of nitrogens with two attached hydrogens (primary N) is 1. The first-order valence-corrected chi connectivity index (χ1v) is 13.0. The summed E-state index contributed by atoms with van der Waals surface area (Å²) in [7, 11) is 1.31. The van der Waals surface area contributed by atoms with E-state index >= 15 is 0 Å². The molecule has 4 rings (SSSR count). The van der Waals surface area contributed by atoms with E-state index in [1.807, 2.05) is 6.08 Å². The molecule has 0 spiro atoms. The van der Waals surface area contributed by atoms with Crippen LogP contribution in [0.1, 0.15) is 44.7 Å². The molecule has 0 aromatic carbocycles. The maximum Gasteiger partial charge on any atom is 0.509 e. The van der Waals surface area contributed by atoms with Crippen molar-refractivity contribution in [1.29, 1.82) is 0 Å². The van der Waals surface area contributed by atoms with E-state index in [4.69, 9.17) is 20.0 Å². The molecule has 2 amide bonds. The number of thioether (sulfide) groups is 1. The first-order chi connectivity index (χ1) is 16.4. The average Bonchev–Trinajstić information content (AvgIpc) is 3.26. The zero-order chi connectivity index (χ0) is 24.2. The molecule has 1 aliphatic carbocycles. The molecule has 1 unspecified atom stereocenters. The Balaban J connectivity index is 1.36. The molecule has 34 heavy (non-hydrogen) atoms. The standard InChI is InChI=1S/C21H27N5O6S2/c1-11(31-21(29)32-12-6-4-3-5-7-12)14-8-9-33-19-16(18(28)26(14)19)24-17(27)15(25-30-2)13-10-34-20(22)23-13/h8,10-12,16,19H,3-7,9H2,1-2H3,(H2,22,23)(H,24,27)/t11?,16-,19-/m1/s1. The first kappa shape index (κ1) is 24.3. The van der Waals surface area contributed by atoms with Gasteiger partial charge in [-0.05, 0) is 32.6 Å². The van der Waals surface area contributed by atoms with Gasteiger partial charge in [0, 0.05) is 11.1 Å². The number of ether oxygens (including phenoxy) is 2. The number of amides is 2. The lowest BCUT2D eigenvalue weighted by atomic mass is 9.98. The minimum Gasteiger partial charge on any atom is -0.431 e. The van der Waals surface area contributed by atoms with Crippen molar-refractivity contribution >= 4 is 51.9 Å². The van der Waals surface area contributed by atoms with Crippen molar-refractivity contribution in [3.63, 3.8) is 0 Å². The number of hydrogen-bond acceptors (Lipinski definition) is 11. The van der Waals surface area contributed by atoms with Crippen LogP contribution in [-0.4, -0.2) is 70.1 Å². The Morgan fingerprint density at radius 3 is 2.76 bits per heavy atom. The topological polar surface area (TPSA) is 145 Å².